The van der Waals surface area contributed by atoms with Crippen LogP contribution < -0.4 is 0 Å². The third-order valence-electron chi connectivity index (χ3n) is 4.21. The van der Waals surface area contributed by atoms with Crippen molar-refractivity contribution in [2.75, 3.05) is 6.54 Å². The van der Waals surface area contributed by atoms with Crippen LogP contribution in [-0.2, 0) is 32.1 Å². The van der Waals surface area contributed by atoms with Crippen LogP contribution in [0.25, 0.3) is 0 Å². The third-order valence-corrected chi connectivity index (χ3v) is 4.21. The Kier molecular flexibility index (Phi) is 3.00. The first-order chi connectivity index (χ1) is 8.40. The molecular weight excluding hydrogens is 206 g/mol. The quantitative estimate of drug-likeness (QED) is 0.703. The molecule has 3 rings (SSSR count). The smallest absolute Gasteiger partial charge is 0.0357 e. The number of aryl methyl sites for hydroxylation is 2. The molecule has 0 fully saturated rings. The molecule has 0 aromatic heterocycles. The molecule has 1 nitrogen and oxygen atoms in total. The molecule has 1 aromatic rings. The van der Waals surface area contributed by atoms with Gasteiger partial charge in [-0.05, 0) is 73.3 Å². The summed E-state index contributed by atoms with van der Waals surface area (Å²) in [5.74, 6) is 0. The molecule has 0 spiro atoms. The van der Waals surface area contributed by atoms with Gasteiger partial charge in [0.2, 0.25) is 0 Å². The molecular formula is C16H21N. The fourth-order valence-electron chi connectivity index (χ4n) is 3.47. The molecule has 0 N–H and O–H groups in total. The third kappa shape index (κ3) is 1.92. The van der Waals surface area contributed by atoms with Gasteiger partial charge in [-0.25, -0.2) is 0 Å². The van der Waals surface area contributed by atoms with Crippen LogP contribution in [0.15, 0.2) is 11.1 Å². The zero-order valence-electron chi connectivity index (χ0n) is 10.8. The Hall–Kier alpha value is -1.11. The largest absolute Gasteiger partial charge is 0.297 e. The van der Waals surface area contributed by atoms with Crippen LogP contribution in [0.3, 0.4) is 0 Å². The normalized spacial score (nSPS) is 17.7. The highest BCUT2D eigenvalue weighted by molar-refractivity contribution is 5.65. The van der Waals surface area contributed by atoms with Gasteiger partial charge in [0.1, 0.15) is 0 Å². The number of nitrogens with zero attached hydrogens (tertiary/aromatic N) is 1. The van der Waals surface area contributed by atoms with Crippen molar-refractivity contribution in [1.82, 2.24) is 0 Å². The molecule has 0 amide bonds. The van der Waals surface area contributed by atoms with Gasteiger partial charge >= 0.3 is 0 Å². The van der Waals surface area contributed by atoms with Crippen molar-refractivity contribution < 1.29 is 0 Å². The molecule has 0 bridgehead atoms. The Morgan fingerprint density at radius 2 is 1.71 bits per heavy atom. The Balaban J connectivity index is 2.02. The molecule has 2 aliphatic rings. The average Bonchev–Trinajstić information content (AvgIpc) is 2.95. The van der Waals surface area contributed by atoms with Crippen molar-refractivity contribution >= 4 is 6.21 Å². The van der Waals surface area contributed by atoms with Crippen LogP contribution in [0, 0.1) is 0 Å². The van der Waals surface area contributed by atoms with Crippen LogP contribution in [0.4, 0.5) is 0 Å². The lowest BCUT2D eigenvalue weighted by Gasteiger charge is -2.13. The van der Waals surface area contributed by atoms with Gasteiger partial charge in [-0.3, -0.25) is 4.99 Å². The lowest BCUT2D eigenvalue weighted by molar-refractivity contribution is 0.891. The first-order valence-corrected chi connectivity index (χ1v) is 7.03. The summed E-state index contributed by atoms with van der Waals surface area (Å²) in [7, 11) is 0. The van der Waals surface area contributed by atoms with Gasteiger partial charge in [0.25, 0.3) is 0 Å². The summed E-state index contributed by atoms with van der Waals surface area (Å²) in [6.07, 6.45) is 11.1. The maximum Gasteiger partial charge on any atom is 0.0357 e. The van der Waals surface area contributed by atoms with Crippen LogP contribution in [0.5, 0.6) is 0 Å². The average molecular weight is 227 g/mol. The number of aliphatic imine (C=N–C) groups is 1. The second kappa shape index (κ2) is 4.64. The van der Waals surface area contributed by atoms with Crippen LogP contribution in [-0.4, -0.2) is 12.8 Å². The summed E-state index contributed by atoms with van der Waals surface area (Å²) >= 11 is 0. The van der Waals surface area contributed by atoms with Crippen molar-refractivity contribution in [1.29, 1.82) is 0 Å². The fourth-order valence-corrected chi connectivity index (χ4v) is 3.47. The van der Waals surface area contributed by atoms with E-state index >= 15 is 0 Å². The number of hydrogen-bond donors (Lipinski definition) is 0. The predicted octanol–water partition coefficient (Wildman–Crippen LogP) is 3.30. The standard InChI is InChI=1S/C16H21N/c1-2-17-10-9-16-14-7-3-5-12(14)11-13-6-4-8-15(13)16/h10-11H,2-9H2,1H3. The summed E-state index contributed by atoms with van der Waals surface area (Å²) in [5.41, 5.74) is 8.28. The van der Waals surface area contributed by atoms with Crippen molar-refractivity contribution in [2.45, 2.75) is 51.9 Å². The second-order valence-corrected chi connectivity index (χ2v) is 5.22. The molecule has 0 saturated heterocycles. The van der Waals surface area contributed by atoms with Crippen molar-refractivity contribution in [3.05, 3.63) is 33.9 Å². The van der Waals surface area contributed by atoms with E-state index in [0.717, 1.165) is 13.0 Å². The zero-order chi connectivity index (χ0) is 11.7. The van der Waals surface area contributed by atoms with Gasteiger partial charge in [0.05, 0.1) is 0 Å². The van der Waals surface area contributed by atoms with Gasteiger partial charge < -0.3 is 0 Å². The van der Waals surface area contributed by atoms with E-state index < -0.39 is 0 Å². The molecule has 0 aliphatic heterocycles. The van der Waals surface area contributed by atoms with Gasteiger partial charge in [0.15, 0.2) is 0 Å². The minimum atomic E-state index is 0.914. The SMILES string of the molecule is CCN=CCc1c2c(cc3c1CCC3)CCC2. The Morgan fingerprint density at radius 3 is 2.29 bits per heavy atom. The van der Waals surface area contributed by atoms with Crippen molar-refractivity contribution in [3.8, 4) is 0 Å². The van der Waals surface area contributed by atoms with Crippen molar-refractivity contribution in [3.63, 3.8) is 0 Å². The first kappa shape index (κ1) is 11.0. The highest BCUT2D eigenvalue weighted by atomic mass is 14.7. The maximum absolute atomic E-state index is 4.39. The van der Waals surface area contributed by atoms with Crippen LogP contribution in [0.2, 0.25) is 0 Å². The summed E-state index contributed by atoms with van der Waals surface area (Å²) in [4.78, 5) is 4.39. The summed E-state index contributed by atoms with van der Waals surface area (Å²) < 4.78 is 0. The van der Waals surface area contributed by atoms with E-state index in [4.69, 9.17) is 0 Å². The molecule has 0 saturated carbocycles. The number of benzene rings is 1. The van der Waals surface area contributed by atoms with Crippen LogP contribution >= 0.6 is 0 Å². The molecule has 90 valence electrons. The molecule has 0 radical (unpaired) electrons. The maximum atomic E-state index is 4.39. The van der Waals surface area contributed by atoms with E-state index in [-0.39, 0.29) is 0 Å². The number of rotatable bonds is 3. The topological polar surface area (TPSA) is 12.4 Å². The highest BCUT2D eigenvalue weighted by Crippen LogP contribution is 2.35. The molecule has 1 aromatic carbocycles. The molecule has 2 aliphatic carbocycles. The molecule has 0 heterocycles. The monoisotopic (exact) mass is 227 g/mol. The lowest BCUT2D eigenvalue weighted by Crippen LogP contribution is -2.02. The van der Waals surface area contributed by atoms with Gasteiger partial charge in [-0.15, -0.1) is 0 Å². The second-order valence-electron chi connectivity index (χ2n) is 5.22. The van der Waals surface area contributed by atoms with E-state index in [9.17, 15) is 0 Å². The van der Waals surface area contributed by atoms with Crippen LogP contribution in [0.1, 0.15) is 47.6 Å². The van der Waals surface area contributed by atoms with Crippen molar-refractivity contribution in [2.24, 2.45) is 4.99 Å². The summed E-state index contributed by atoms with van der Waals surface area (Å²) in [6.45, 7) is 3.02. The summed E-state index contributed by atoms with van der Waals surface area (Å²) in [6, 6.07) is 2.51. The highest BCUT2D eigenvalue weighted by Gasteiger charge is 2.22. The molecule has 17 heavy (non-hydrogen) atoms. The van der Waals surface area contributed by atoms with E-state index in [2.05, 4.69) is 24.2 Å². The minimum Gasteiger partial charge on any atom is -0.297 e. The fraction of sp³-hybridized carbons (Fsp3) is 0.562. The molecule has 0 atom stereocenters. The predicted molar refractivity (Wildman–Crippen MR) is 73.2 cm³/mol. The number of hydrogen-bond acceptors (Lipinski definition) is 1. The van der Waals surface area contributed by atoms with E-state index in [1.165, 1.54) is 38.5 Å². The van der Waals surface area contributed by atoms with E-state index in [1.54, 1.807) is 27.8 Å². The van der Waals surface area contributed by atoms with Gasteiger partial charge in [-0.2, -0.15) is 0 Å². The first-order valence-electron chi connectivity index (χ1n) is 7.03. The van der Waals surface area contributed by atoms with E-state index in [1.807, 2.05) is 0 Å². The number of fused-ring (bicyclic) bond motifs is 2. The lowest BCUT2D eigenvalue weighted by atomic mass is 9.92. The minimum absolute atomic E-state index is 0.914. The Bertz CT molecular complexity index is 425. The summed E-state index contributed by atoms with van der Waals surface area (Å²) in [5, 5.41) is 0. The van der Waals surface area contributed by atoms with E-state index in [0.29, 0.717) is 0 Å². The Morgan fingerprint density at radius 1 is 1.06 bits per heavy atom. The molecule has 1 heteroatoms. The van der Waals surface area contributed by atoms with Gasteiger partial charge in [-0.1, -0.05) is 6.07 Å². The zero-order valence-corrected chi connectivity index (χ0v) is 10.8. The van der Waals surface area contributed by atoms with Gasteiger partial charge in [0, 0.05) is 19.2 Å². The Labute approximate surface area is 104 Å². The molecule has 0 unspecified atom stereocenters.